The molecule has 0 fully saturated rings. The zero-order valence-corrected chi connectivity index (χ0v) is 13.2. The molecule has 3 N–H and O–H groups in total. The number of sulfonamides is 1. The third-order valence-electron chi connectivity index (χ3n) is 2.99. The van der Waals surface area contributed by atoms with E-state index < -0.39 is 16.1 Å². The van der Waals surface area contributed by atoms with E-state index in [9.17, 15) is 8.42 Å². The van der Waals surface area contributed by atoms with Gasteiger partial charge in [-0.1, -0.05) is 17.7 Å². The number of nitrogens with one attached hydrogen (secondary N) is 1. The van der Waals surface area contributed by atoms with E-state index in [-0.39, 0.29) is 9.92 Å². The minimum absolute atomic E-state index is 0.00962. The zero-order valence-electron chi connectivity index (χ0n) is 11.6. The van der Waals surface area contributed by atoms with Crippen LogP contribution in [0.25, 0.3) is 0 Å². The molecular formula is C12H16ClN5O2S. The lowest BCUT2D eigenvalue weighted by Gasteiger charge is -2.14. The Morgan fingerprint density at radius 2 is 2.19 bits per heavy atom. The summed E-state index contributed by atoms with van der Waals surface area (Å²) in [4.78, 5) is 0.00962. The molecule has 9 heteroatoms. The summed E-state index contributed by atoms with van der Waals surface area (Å²) in [6.45, 7) is 1.98. The number of nitrogens with zero attached hydrogens (tertiary/aromatic N) is 3. The van der Waals surface area contributed by atoms with Gasteiger partial charge in [0.2, 0.25) is 10.0 Å². The van der Waals surface area contributed by atoms with Gasteiger partial charge in [0, 0.05) is 13.6 Å². The summed E-state index contributed by atoms with van der Waals surface area (Å²) in [6.07, 6.45) is 1.50. The zero-order chi connectivity index (χ0) is 15.6. The summed E-state index contributed by atoms with van der Waals surface area (Å²) >= 11 is 6.02. The Balaban J connectivity index is 2.28. The van der Waals surface area contributed by atoms with Crippen LogP contribution in [0.3, 0.4) is 0 Å². The van der Waals surface area contributed by atoms with Crippen molar-refractivity contribution in [1.82, 2.24) is 19.5 Å². The van der Waals surface area contributed by atoms with E-state index in [4.69, 9.17) is 17.3 Å². The molecule has 2 aromatic rings. The second-order valence-corrected chi connectivity index (χ2v) is 6.70. The monoisotopic (exact) mass is 329 g/mol. The van der Waals surface area contributed by atoms with Crippen LogP contribution in [0.2, 0.25) is 5.02 Å². The maximum atomic E-state index is 12.4. The van der Waals surface area contributed by atoms with E-state index in [0.717, 1.165) is 5.56 Å². The second-order valence-electron chi connectivity index (χ2n) is 4.61. The molecule has 7 nitrogen and oxygen atoms in total. The number of halogens is 1. The Morgan fingerprint density at radius 1 is 1.48 bits per heavy atom. The van der Waals surface area contributed by atoms with Gasteiger partial charge in [0.25, 0.3) is 0 Å². The van der Waals surface area contributed by atoms with Gasteiger partial charge in [0.1, 0.15) is 17.0 Å². The molecule has 1 aromatic heterocycles. The van der Waals surface area contributed by atoms with Gasteiger partial charge in [0.05, 0.1) is 11.1 Å². The van der Waals surface area contributed by atoms with Crippen LogP contribution >= 0.6 is 11.6 Å². The van der Waals surface area contributed by atoms with E-state index in [1.165, 1.54) is 12.4 Å². The molecular weight excluding hydrogens is 314 g/mol. The van der Waals surface area contributed by atoms with E-state index >= 15 is 0 Å². The average Bonchev–Trinajstić information content (AvgIpc) is 2.84. The van der Waals surface area contributed by atoms with Gasteiger partial charge < -0.3 is 10.3 Å². The Kier molecular flexibility index (Phi) is 4.62. The van der Waals surface area contributed by atoms with Gasteiger partial charge >= 0.3 is 0 Å². The van der Waals surface area contributed by atoms with E-state index in [2.05, 4.69) is 14.9 Å². The fourth-order valence-electron chi connectivity index (χ4n) is 1.92. The molecule has 2 rings (SSSR count). The first-order valence-corrected chi connectivity index (χ1v) is 8.06. The van der Waals surface area contributed by atoms with Crippen LogP contribution in [0.4, 0.5) is 0 Å². The van der Waals surface area contributed by atoms with Crippen LogP contribution in [0.15, 0.2) is 29.4 Å². The van der Waals surface area contributed by atoms with Crippen molar-refractivity contribution in [3.63, 3.8) is 0 Å². The first-order chi connectivity index (χ1) is 9.85. The lowest BCUT2D eigenvalue weighted by atomic mass is 10.2. The highest BCUT2D eigenvalue weighted by Crippen LogP contribution is 2.24. The van der Waals surface area contributed by atoms with Crippen LogP contribution in [-0.4, -0.2) is 23.2 Å². The van der Waals surface area contributed by atoms with Gasteiger partial charge in [0.15, 0.2) is 0 Å². The molecule has 1 aromatic carbocycles. The van der Waals surface area contributed by atoms with E-state index in [1.807, 2.05) is 0 Å². The molecule has 0 amide bonds. The predicted molar refractivity (Wildman–Crippen MR) is 79.1 cm³/mol. The van der Waals surface area contributed by atoms with Crippen molar-refractivity contribution in [1.29, 1.82) is 0 Å². The minimum Gasteiger partial charge on any atom is -0.326 e. The third kappa shape index (κ3) is 3.41. The molecule has 0 spiro atoms. The molecule has 0 aliphatic carbocycles. The largest absolute Gasteiger partial charge is 0.326 e. The topological polar surface area (TPSA) is 103 Å². The number of hydrogen-bond donors (Lipinski definition) is 2. The molecule has 0 saturated heterocycles. The van der Waals surface area contributed by atoms with Crippen molar-refractivity contribution in [2.24, 2.45) is 12.8 Å². The quantitative estimate of drug-likeness (QED) is 0.850. The number of nitrogens with two attached hydrogens (primary N) is 1. The molecule has 1 heterocycles. The summed E-state index contributed by atoms with van der Waals surface area (Å²) in [5.41, 5.74) is 6.26. The highest BCUT2D eigenvalue weighted by molar-refractivity contribution is 7.89. The number of rotatable bonds is 5. The Hall–Kier alpha value is -1.48. The van der Waals surface area contributed by atoms with E-state index in [0.29, 0.717) is 12.4 Å². The summed E-state index contributed by atoms with van der Waals surface area (Å²) in [5, 5.41) is 7.74. The van der Waals surface area contributed by atoms with Crippen LogP contribution in [0.5, 0.6) is 0 Å². The molecule has 0 radical (unpaired) electrons. The molecule has 1 atom stereocenters. The van der Waals surface area contributed by atoms with Crippen LogP contribution in [-0.2, 0) is 23.6 Å². The van der Waals surface area contributed by atoms with Crippen molar-refractivity contribution in [2.75, 3.05) is 0 Å². The van der Waals surface area contributed by atoms with E-state index in [1.54, 1.807) is 30.7 Å². The summed E-state index contributed by atoms with van der Waals surface area (Å²) in [6, 6.07) is 4.08. The number of aryl methyl sites for hydroxylation is 1. The van der Waals surface area contributed by atoms with Gasteiger partial charge in [-0.05, 0) is 24.6 Å². The Morgan fingerprint density at radius 3 is 2.71 bits per heavy atom. The molecule has 1 unspecified atom stereocenters. The van der Waals surface area contributed by atoms with Gasteiger partial charge in [-0.15, -0.1) is 10.2 Å². The number of hydrogen-bond acceptors (Lipinski definition) is 5. The molecule has 0 saturated carbocycles. The SMILES string of the molecule is CC(NS(=O)(=O)c1ccc(CN)cc1Cl)c1nncn1C. The first-order valence-electron chi connectivity index (χ1n) is 6.20. The van der Waals surface area contributed by atoms with Gasteiger partial charge in [-0.25, -0.2) is 13.1 Å². The lowest BCUT2D eigenvalue weighted by molar-refractivity contribution is 0.553. The summed E-state index contributed by atoms with van der Waals surface area (Å²) < 4.78 is 28.9. The Labute approximate surface area is 128 Å². The second kappa shape index (κ2) is 6.10. The smallest absolute Gasteiger partial charge is 0.242 e. The fraction of sp³-hybridized carbons (Fsp3) is 0.333. The fourth-order valence-corrected chi connectivity index (χ4v) is 3.69. The molecule has 114 valence electrons. The number of benzene rings is 1. The molecule has 0 bridgehead atoms. The van der Waals surface area contributed by atoms with Gasteiger partial charge in [-0.2, -0.15) is 0 Å². The third-order valence-corrected chi connectivity index (χ3v) is 5.01. The van der Waals surface area contributed by atoms with Crippen molar-refractivity contribution >= 4 is 21.6 Å². The summed E-state index contributed by atoms with van der Waals surface area (Å²) in [5.74, 6) is 0.508. The average molecular weight is 330 g/mol. The Bertz CT molecular complexity index is 744. The number of aromatic nitrogens is 3. The maximum Gasteiger partial charge on any atom is 0.242 e. The first kappa shape index (κ1) is 15.9. The summed E-state index contributed by atoms with van der Waals surface area (Å²) in [7, 11) is -2.02. The highest BCUT2D eigenvalue weighted by atomic mass is 35.5. The minimum atomic E-state index is -3.76. The van der Waals surface area contributed by atoms with Crippen LogP contribution in [0.1, 0.15) is 24.4 Å². The van der Waals surface area contributed by atoms with Crippen LogP contribution in [0, 0.1) is 0 Å². The molecule has 0 aliphatic heterocycles. The van der Waals surface area contributed by atoms with Crippen molar-refractivity contribution in [2.45, 2.75) is 24.4 Å². The molecule has 21 heavy (non-hydrogen) atoms. The molecule has 0 aliphatic rings. The van der Waals surface area contributed by atoms with Crippen molar-refractivity contribution in [3.05, 3.63) is 40.9 Å². The van der Waals surface area contributed by atoms with Crippen molar-refractivity contribution in [3.8, 4) is 0 Å². The highest BCUT2D eigenvalue weighted by Gasteiger charge is 2.23. The standard InChI is InChI=1S/C12H16ClN5O2S/c1-8(12-16-15-7-18(12)2)17-21(19,20)11-4-3-9(6-14)5-10(11)13/h3-5,7-8,17H,6,14H2,1-2H3. The normalized spacial score (nSPS) is 13.3. The van der Waals surface area contributed by atoms with Crippen LogP contribution < -0.4 is 10.5 Å². The lowest BCUT2D eigenvalue weighted by Crippen LogP contribution is -2.28. The maximum absolute atomic E-state index is 12.4. The predicted octanol–water partition coefficient (Wildman–Crippen LogP) is 0.967. The van der Waals surface area contributed by atoms with Crippen molar-refractivity contribution < 1.29 is 8.42 Å². The van der Waals surface area contributed by atoms with Gasteiger partial charge in [-0.3, -0.25) is 0 Å².